The van der Waals surface area contributed by atoms with Gasteiger partial charge in [-0.1, -0.05) is 73.5 Å². The molecule has 5 nitrogen and oxygen atoms in total. The average Bonchev–Trinajstić information content (AvgIpc) is 3.18. The summed E-state index contributed by atoms with van der Waals surface area (Å²) >= 11 is 1.44. The Labute approximate surface area is 182 Å². The molecule has 1 aliphatic carbocycles. The van der Waals surface area contributed by atoms with Crippen LogP contribution in [0.1, 0.15) is 38.2 Å². The lowest BCUT2D eigenvalue weighted by Gasteiger charge is -2.29. The molecule has 0 unspecified atom stereocenters. The van der Waals surface area contributed by atoms with Crippen LogP contribution in [-0.2, 0) is 4.79 Å². The zero-order valence-electron chi connectivity index (χ0n) is 17.5. The highest BCUT2D eigenvalue weighted by molar-refractivity contribution is 7.99. The van der Waals surface area contributed by atoms with Crippen LogP contribution < -0.4 is 5.32 Å². The molecule has 1 N–H and O–H groups in total. The van der Waals surface area contributed by atoms with Gasteiger partial charge in [0.1, 0.15) is 0 Å². The number of aromatic nitrogens is 3. The summed E-state index contributed by atoms with van der Waals surface area (Å²) in [5.41, 5.74) is 3.17. The van der Waals surface area contributed by atoms with Gasteiger partial charge in [-0.15, -0.1) is 10.2 Å². The van der Waals surface area contributed by atoms with Gasteiger partial charge in [-0.3, -0.25) is 9.36 Å². The predicted molar refractivity (Wildman–Crippen MR) is 122 cm³/mol. The van der Waals surface area contributed by atoms with Gasteiger partial charge in [0.25, 0.3) is 0 Å². The number of thioether (sulfide) groups is 1. The second-order valence-corrected chi connectivity index (χ2v) is 9.01. The van der Waals surface area contributed by atoms with E-state index >= 15 is 0 Å². The zero-order valence-corrected chi connectivity index (χ0v) is 18.4. The summed E-state index contributed by atoms with van der Waals surface area (Å²) in [5, 5.41) is 12.9. The third-order valence-electron chi connectivity index (χ3n) is 5.71. The maximum absolute atomic E-state index is 12.6. The molecule has 1 heterocycles. The van der Waals surface area contributed by atoms with E-state index < -0.39 is 0 Å². The minimum absolute atomic E-state index is 0.0680. The second kappa shape index (κ2) is 9.47. The van der Waals surface area contributed by atoms with Crippen LogP contribution in [-0.4, -0.2) is 32.5 Å². The maximum Gasteiger partial charge on any atom is 0.230 e. The number of nitrogens with one attached hydrogen (secondary N) is 1. The van der Waals surface area contributed by atoms with Gasteiger partial charge in [-0.05, 0) is 43.9 Å². The first-order chi connectivity index (χ1) is 14.6. The molecule has 0 spiro atoms. The molecular formula is C24H28N4OS. The fourth-order valence-corrected chi connectivity index (χ4v) is 4.82. The van der Waals surface area contributed by atoms with Crippen LogP contribution >= 0.6 is 11.8 Å². The molecule has 3 aromatic rings. The zero-order chi connectivity index (χ0) is 20.9. The van der Waals surface area contributed by atoms with E-state index in [0.29, 0.717) is 17.7 Å². The normalized spacial score (nSPS) is 18.9. The minimum atomic E-state index is 0.0680. The topological polar surface area (TPSA) is 59.8 Å². The molecule has 1 fully saturated rings. The van der Waals surface area contributed by atoms with Crippen LogP contribution in [0.15, 0.2) is 59.8 Å². The number of nitrogens with zero attached hydrogens (tertiary/aromatic N) is 3. The Balaban J connectivity index is 1.55. The Kier molecular flexibility index (Phi) is 6.53. The molecule has 1 aromatic heterocycles. The monoisotopic (exact) mass is 420 g/mol. The van der Waals surface area contributed by atoms with E-state index in [1.54, 1.807) is 0 Å². The SMILES string of the molecule is Cc1cccc(-c2nnc(SCC(=O)N[C@H]3CCCC[C@@H]3C)n2-c2ccccc2)c1. The number of aryl methyl sites for hydroxylation is 1. The van der Waals surface area contributed by atoms with Gasteiger partial charge in [-0.2, -0.15) is 0 Å². The van der Waals surface area contributed by atoms with Crippen LogP contribution in [0.3, 0.4) is 0 Å². The largest absolute Gasteiger partial charge is 0.352 e. The van der Waals surface area contributed by atoms with E-state index in [1.165, 1.54) is 36.6 Å². The van der Waals surface area contributed by atoms with Crippen molar-refractivity contribution >= 4 is 17.7 Å². The van der Waals surface area contributed by atoms with E-state index in [1.807, 2.05) is 47.0 Å². The molecule has 4 rings (SSSR count). The molecule has 0 bridgehead atoms. The molecule has 1 saturated carbocycles. The molecule has 1 aliphatic rings. The van der Waals surface area contributed by atoms with Gasteiger partial charge < -0.3 is 5.32 Å². The van der Waals surface area contributed by atoms with E-state index in [0.717, 1.165) is 28.7 Å². The molecule has 156 valence electrons. The first-order valence-corrected chi connectivity index (χ1v) is 11.6. The Hall–Kier alpha value is -2.60. The number of hydrogen-bond donors (Lipinski definition) is 1. The molecule has 6 heteroatoms. The van der Waals surface area contributed by atoms with Crippen molar-refractivity contribution in [2.75, 3.05) is 5.75 Å². The van der Waals surface area contributed by atoms with Gasteiger partial charge in [-0.25, -0.2) is 0 Å². The van der Waals surface area contributed by atoms with Crippen LogP contribution in [0.25, 0.3) is 17.1 Å². The van der Waals surface area contributed by atoms with Crippen molar-refractivity contribution in [3.05, 3.63) is 60.2 Å². The number of carbonyl (C=O) groups is 1. The highest BCUT2D eigenvalue weighted by Gasteiger charge is 2.23. The van der Waals surface area contributed by atoms with Crippen LogP contribution in [0, 0.1) is 12.8 Å². The Morgan fingerprint density at radius 3 is 2.67 bits per heavy atom. The minimum Gasteiger partial charge on any atom is -0.352 e. The second-order valence-electron chi connectivity index (χ2n) is 8.07. The number of para-hydroxylation sites is 1. The first-order valence-electron chi connectivity index (χ1n) is 10.6. The molecule has 30 heavy (non-hydrogen) atoms. The summed E-state index contributed by atoms with van der Waals surface area (Å²) in [6.07, 6.45) is 4.74. The van der Waals surface area contributed by atoms with Gasteiger partial charge in [0, 0.05) is 17.3 Å². The van der Waals surface area contributed by atoms with Crippen molar-refractivity contribution in [2.45, 2.75) is 50.7 Å². The third-order valence-corrected chi connectivity index (χ3v) is 6.64. The highest BCUT2D eigenvalue weighted by Crippen LogP contribution is 2.29. The van der Waals surface area contributed by atoms with Gasteiger partial charge in [0.15, 0.2) is 11.0 Å². The van der Waals surface area contributed by atoms with Crippen molar-refractivity contribution in [3.63, 3.8) is 0 Å². The number of rotatable bonds is 6. The Bertz CT molecular complexity index is 1000. The lowest BCUT2D eigenvalue weighted by atomic mass is 9.86. The molecule has 0 saturated heterocycles. The summed E-state index contributed by atoms with van der Waals surface area (Å²) in [6, 6.07) is 18.6. The fourth-order valence-electron chi connectivity index (χ4n) is 4.05. The molecule has 1 amide bonds. The standard InChI is InChI=1S/C24H28N4OS/c1-17-9-8-11-19(15-17)23-26-27-24(28(23)20-12-4-3-5-13-20)30-16-22(29)25-21-14-7-6-10-18(21)2/h3-5,8-9,11-13,15,18,21H,6-7,10,14,16H2,1-2H3,(H,25,29)/t18-,21-/m0/s1. The van der Waals surface area contributed by atoms with Gasteiger partial charge in [0.05, 0.1) is 5.75 Å². The summed E-state index contributed by atoms with van der Waals surface area (Å²) in [7, 11) is 0. The lowest BCUT2D eigenvalue weighted by Crippen LogP contribution is -2.41. The van der Waals surface area contributed by atoms with E-state index in [4.69, 9.17) is 0 Å². The lowest BCUT2D eigenvalue weighted by molar-refractivity contribution is -0.119. The molecule has 2 aromatic carbocycles. The number of hydrogen-bond acceptors (Lipinski definition) is 4. The van der Waals surface area contributed by atoms with Crippen molar-refractivity contribution in [3.8, 4) is 17.1 Å². The fraction of sp³-hybridized carbons (Fsp3) is 0.375. The van der Waals surface area contributed by atoms with Crippen molar-refractivity contribution in [1.29, 1.82) is 0 Å². The van der Waals surface area contributed by atoms with Crippen molar-refractivity contribution in [2.24, 2.45) is 5.92 Å². The number of carbonyl (C=O) groups excluding carboxylic acids is 1. The molecular weight excluding hydrogens is 392 g/mol. The van der Waals surface area contributed by atoms with Crippen LogP contribution in [0.4, 0.5) is 0 Å². The summed E-state index contributed by atoms with van der Waals surface area (Å²) in [4.78, 5) is 12.6. The van der Waals surface area contributed by atoms with E-state index in [-0.39, 0.29) is 5.91 Å². The molecule has 2 atom stereocenters. The summed E-state index contributed by atoms with van der Waals surface area (Å²) < 4.78 is 2.04. The highest BCUT2D eigenvalue weighted by atomic mass is 32.2. The van der Waals surface area contributed by atoms with Crippen molar-refractivity contribution in [1.82, 2.24) is 20.1 Å². The van der Waals surface area contributed by atoms with Gasteiger partial charge >= 0.3 is 0 Å². The van der Waals surface area contributed by atoms with Crippen LogP contribution in [0.2, 0.25) is 0 Å². The molecule has 0 radical (unpaired) electrons. The summed E-state index contributed by atoms with van der Waals surface area (Å²) in [5.74, 6) is 1.74. The van der Waals surface area contributed by atoms with Crippen LogP contribution in [0.5, 0.6) is 0 Å². The smallest absolute Gasteiger partial charge is 0.230 e. The maximum atomic E-state index is 12.6. The predicted octanol–water partition coefficient (Wildman–Crippen LogP) is 5.03. The molecule has 0 aliphatic heterocycles. The number of benzene rings is 2. The van der Waals surface area contributed by atoms with Gasteiger partial charge in [0.2, 0.25) is 5.91 Å². The van der Waals surface area contributed by atoms with E-state index in [9.17, 15) is 4.79 Å². The third kappa shape index (κ3) is 4.75. The van der Waals surface area contributed by atoms with Crippen molar-refractivity contribution < 1.29 is 4.79 Å². The Morgan fingerprint density at radius 1 is 1.10 bits per heavy atom. The quantitative estimate of drug-likeness (QED) is 0.568. The first kappa shape index (κ1) is 20.7. The average molecular weight is 421 g/mol. The summed E-state index contributed by atoms with van der Waals surface area (Å²) in [6.45, 7) is 4.30. The van der Waals surface area contributed by atoms with E-state index in [2.05, 4.69) is 41.5 Å². The Morgan fingerprint density at radius 2 is 1.90 bits per heavy atom. The number of amides is 1.